The Balaban J connectivity index is 2.19. The Labute approximate surface area is 133 Å². The van der Waals surface area contributed by atoms with Gasteiger partial charge < -0.3 is 10.2 Å². The summed E-state index contributed by atoms with van der Waals surface area (Å²) in [4.78, 5) is 2.18. The van der Waals surface area contributed by atoms with E-state index in [1.165, 1.54) is 37.8 Å². The number of hydrogen-bond acceptors (Lipinski definition) is 3. The fourth-order valence-corrected chi connectivity index (χ4v) is 3.59. The van der Waals surface area contributed by atoms with E-state index in [0.717, 1.165) is 24.7 Å². The van der Waals surface area contributed by atoms with Crippen molar-refractivity contribution in [1.29, 1.82) is 0 Å². The van der Waals surface area contributed by atoms with Gasteiger partial charge in [0.1, 0.15) is 0 Å². The lowest BCUT2D eigenvalue weighted by atomic mass is 9.82. The first-order valence-corrected chi connectivity index (χ1v) is 8.60. The van der Waals surface area contributed by atoms with Gasteiger partial charge in [-0.3, -0.25) is 4.68 Å². The summed E-state index contributed by atoms with van der Waals surface area (Å²) in [7, 11) is 4.18. The van der Waals surface area contributed by atoms with Crippen molar-refractivity contribution in [1.82, 2.24) is 20.0 Å². The van der Waals surface area contributed by atoms with Gasteiger partial charge in [0.05, 0.1) is 29.5 Å². The maximum Gasteiger partial charge on any atom is 0.0834 e. The van der Waals surface area contributed by atoms with Crippen LogP contribution in [0.4, 0.5) is 0 Å². The molecule has 0 aliphatic heterocycles. The molecule has 21 heavy (non-hydrogen) atoms. The molecule has 1 fully saturated rings. The van der Waals surface area contributed by atoms with Gasteiger partial charge in [0.2, 0.25) is 0 Å². The Morgan fingerprint density at radius 1 is 1.38 bits per heavy atom. The second-order valence-corrected chi connectivity index (χ2v) is 6.74. The summed E-state index contributed by atoms with van der Waals surface area (Å²) in [6.45, 7) is 5.01. The van der Waals surface area contributed by atoms with Gasteiger partial charge in [0.15, 0.2) is 0 Å². The first-order chi connectivity index (χ1) is 10.1. The highest BCUT2D eigenvalue weighted by Crippen LogP contribution is 2.36. The standard InChI is InChI=1S/C16H29ClN4/c1-4-18-15(13-8-6-5-7-9-13)16-14(17)12-19-21(16)11-10-20(2)3/h12-13,15,18H,4-11H2,1-3H3. The van der Waals surface area contributed by atoms with Crippen molar-refractivity contribution in [3.63, 3.8) is 0 Å². The normalized spacial score (nSPS) is 18.3. The molecule has 120 valence electrons. The molecule has 1 heterocycles. The van der Waals surface area contributed by atoms with Crippen molar-refractivity contribution < 1.29 is 0 Å². The lowest BCUT2D eigenvalue weighted by molar-refractivity contribution is 0.260. The topological polar surface area (TPSA) is 33.1 Å². The van der Waals surface area contributed by atoms with E-state index in [2.05, 4.69) is 41.0 Å². The second-order valence-electron chi connectivity index (χ2n) is 6.34. The largest absolute Gasteiger partial charge is 0.309 e. The monoisotopic (exact) mass is 312 g/mol. The molecule has 4 nitrogen and oxygen atoms in total. The summed E-state index contributed by atoms with van der Waals surface area (Å²) < 4.78 is 2.10. The third kappa shape index (κ3) is 4.44. The number of nitrogens with zero attached hydrogens (tertiary/aromatic N) is 3. The summed E-state index contributed by atoms with van der Waals surface area (Å²) >= 11 is 6.47. The zero-order valence-electron chi connectivity index (χ0n) is 13.6. The van der Waals surface area contributed by atoms with Crippen LogP contribution in [0.15, 0.2) is 6.20 Å². The molecule has 0 spiro atoms. The molecule has 1 atom stereocenters. The van der Waals surface area contributed by atoms with Crippen LogP contribution >= 0.6 is 11.6 Å². The van der Waals surface area contributed by atoms with E-state index in [0.29, 0.717) is 12.0 Å². The minimum atomic E-state index is 0.340. The summed E-state index contributed by atoms with van der Waals surface area (Å²) in [6, 6.07) is 0.340. The highest BCUT2D eigenvalue weighted by molar-refractivity contribution is 6.31. The number of aromatic nitrogens is 2. The smallest absolute Gasteiger partial charge is 0.0834 e. The van der Waals surface area contributed by atoms with Crippen molar-refractivity contribution >= 4 is 11.6 Å². The highest BCUT2D eigenvalue weighted by atomic mass is 35.5. The first-order valence-electron chi connectivity index (χ1n) is 8.22. The Bertz CT molecular complexity index is 424. The molecule has 0 bridgehead atoms. The van der Waals surface area contributed by atoms with E-state index >= 15 is 0 Å². The lowest BCUT2D eigenvalue weighted by Crippen LogP contribution is -2.32. The fraction of sp³-hybridized carbons (Fsp3) is 0.812. The van der Waals surface area contributed by atoms with Crippen LogP contribution in [-0.2, 0) is 6.54 Å². The van der Waals surface area contributed by atoms with Gasteiger partial charge in [-0.05, 0) is 39.4 Å². The summed E-state index contributed by atoms with van der Waals surface area (Å²) in [6.07, 6.45) is 8.47. The lowest BCUT2D eigenvalue weighted by Gasteiger charge is -2.31. The molecule has 1 aliphatic carbocycles. The summed E-state index contributed by atoms with van der Waals surface area (Å²) in [5, 5.41) is 8.98. The van der Waals surface area contributed by atoms with Crippen molar-refractivity contribution in [3.8, 4) is 0 Å². The van der Waals surface area contributed by atoms with Crippen molar-refractivity contribution in [3.05, 3.63) is 16.9 Å². The molecule has 2 rings (SSSR count). The first kappa shape index (κ1) is 16.8. The molecule has 1 aromatic rings. The van der Waals surface area contributed by atoms with Crippen LogP contribution in [0.3, 0.4) is 0 Å². The minimum Gasteiger partial charge on any atom is -0.309 e. The molecule has 5 heteroatoms. The number of hydrogen-bond donors (Lipinski definition) is 1. The molecule has 1 aliphatic rings. The Morgan fingerprint density at radius 2 is 2.10 bits per heavy atom. The molecule has 1 saturated carbocycles. The third-order valence-electron chi connectivity index (χ3n) is 4.43. The Hall–Kier alpha value is -0.580. The molecule has 0 saturated heterocycles. The predicted octanol–water partition coefficient (Wildman–Crippen LogP) is 3.33. The van der Waals surface area contributed by atoms with Gasteiger partial charge in [-0.2, -0.15) is 5.10 Å². The van der Waals surface area contributed by atoms with Crippen LogP contribution in [0.25, 0.3) is 0 Å². The average molecular weight is 313 g/mol. The zero-order valence-corrected chi connectivity index (χ0v) is 14.4. The van der Waals surface area contributed by atoms with E-state index in [-0.39, 0.29) is 0 Å². The van der Waals surface area contributed by atoms with E-state index in [9.17, 15) is 0 Å². The molecule has 1 unspecified atom stereocenters. The van der Waals surface area contributed by atoms with Crippen LogP contribution in [0.5, 0.6) is 0 Å². The van der Waals surface area contributed by atoms with Crippen LogP contribution in [0, 0.1) is 5.92 Å². The molecule has 1 aromatic heterocycles. The molecule has 1 N–H and O–H groups in total. The van der Waals surface area contributed by atoms with Crippen LogP contribution in [0.1, 0.15) is 50.8 Å². The maximum absolute atomic E-state index is 6.47. The van der Waals surface area contributed by atoms with Gasteiger partial charge in [0.25, 0.3) is 0 Å². The van der Waals surface area contributed by atoms with Gasteiger partial charge in [-0.25, -0.2) is 0 Å². The van der Waals surface area contributed by atoms with Gasteiger partial charge >= 0.3 is 0 Å². The quantitative estimate of drug-likeness (QED) is 0.838. The van der Waals surface area contributed by atoms with Gasteiger partial charge in [-0.15, -0.1) is 0 Å². The molecular formula is C16H29ClN4. The summed E-state index contributed by atoms with van der Waals surface area (Å²) in [5.41, 5.74) is 1.19. The van der Waals surface area contributed by atoms with E-state index in [1.807, 2.05) is 0 Å². The Kier molecular flexibility index (Phi) is 6.52. The van der Waals surface area contributed by atoms with E-state index < -0.39 is 0 Å². The highest BCUT2D eigenvalue weighted by Gasteiger charge is 2.29. The number of rotatable bonds is 7. The van der Waals surface area contributed by atoms with Crippen LogP contribution in [-0.4, -0.2) is 41.9 Å². The van der Waals surface area contributed by atoms with E-state index in [4.69, 9.17) is 11.6 Å². The second kappa shape index (κ2) is 8.16. The zero-order chi connectivity index (χ0) is 15.2. The molecule has 0 radical (unpaired) electrons. The summed E-state index contributed by atoms with van der Waals surface area (Å²) in [5.74, 6) is 0.686. The van der Waals surface area contributed by atoms with E-state index in [1.54, 1.807) is 6.20 Å². The SMILES string of the molecule is CCNC(c1c(Cl)cnn1CCN(C)C)C1CCCCC1. The third-order valence-corrected chi connectivity index (χ3v) is 4.72. The number of halogens is 1. The van der Waals surface area contributed by atoms with Gasteiger partial charge in [0, 0.05) is 6.54 Å². The molecule has 0 amide bonds. The number of likely N-dealkylation sites (N-methyl/N-ethyl adjacent to an activating group) is 1. The predicted molar refractivity (Wildman–Crippen MR) is 88.8 cm³/mol. The van der Waals surface area contributed by atoms with Crippen LogP contribution in [0.2, 0.25) is 5.02 Å². The Morgan fingerprint density at radius 3 is 2.71 bits per heavy atom. The van der Waals surface area contributed by atoms with Crippen LogP contribution < -0.4 is 5.32 Å². The van der Waals surface area contributed by atoms with Crippen molar-refractivity contribution in [2.45, 2.75) is 51.6 Å². The molecule has 0 aromatic carbocycles. The maximum atomic E-state index is 6.47. The van der Waals surface area contributed by atoms with Crippen molar-refractivity contribution in [2.75, 3.05) is 27.2 Å². The fourth-order valence-electron chi connectivity index (χ4n) is 3.33. The average Bonchev–Trinajstić information content (AvgIpc) is 2.84. The number of nitrogens with one attached hydrogen (secondary N) is 1. The minimum absolute atomic E-state index is 0.340. The van der Waals surface area contributed by atoms with Crippen molar-refractivity contribution in [2.24, 2.45) is 5.92 Å². The van der Waals surface area contributed by atoms with Gasteiger partial charge in [-0.1, -0.05) is 37.8 Å². The molecular weight excluding hydrogens is 284 g/mol.